The Kier molecular flexibility index (Phi) is 12.2. The number of hydrogen-bond acceptors (Lipinski definition) is 11. The van der Waals surface area contributed by atoms with Gasteiger partial charge in [-0.05, 0) is 35.9 Å². The van der Waals surface area contributed by atoms with Gasteiger partial charge >= 0.3 is 29.9 Å². The van der Waals surface area contributed by atoms with E-state index in [1.165, 1.54) is 13.0 Å². The number of ketones is 1. The number of rotatable bonds is 11. The Bertz CT molecular complexity index is 1370. The molecule has 3 rings (SSSR count). The lowest BCUT2D eigenvalue weighted by Crippen LogP contribution is -2.62. The molecule has 13 heteroatoms. The molecule has 0 aliphatic carbocycles. The standard InChI is InChI=1S/C31H34N2O11/c1-18(34)40-17-27-29(42-20(3)36)30(43-21(4)37)28(41-19(2)35)26(44-27)16-25(38)15-12-22-10-13-24(14-11-22)33-31(39)32-23-8-6-5-7-9-23/h5-15,26-30H,16-17H2,1-4H3,(H2,32,33,39)/b15-12+/t26-,27+,28-,29+,30+/m0/s1. The third-order valence-corrected chi connectivity index (χ3v) is 6.15. The molecular weight excluding hydrogens is 576 g/mol. The van der Waals surface area contributed by atoms with Gasteiger partial charge in [-0.3, -0.25) is 24.0 Å². The highest BCUT2D eigenvalue weighted by Gasteiger charge is 2.52. The summed E-state index contributed by atoms with van der Waals surface area (Å²) in [7, 11) is 0. The quantitative estimate of drug-likeness (QED) is 0.217. The Morgan fingerprint density at radius 3 is 1.75 bits per heavy atom. The molecule has 13 nitrogen and oxygen atoms in total. The van der Waals surface area contributed by atoms with Gasteiger partial charge in [0.15, 0.2) is 24.1 Å². The van der Waals surface area contributed by atoms with E-state index in [9.17, 15) is 28.8 Å². The molecule has 1 aliphatic rings. The van der Waals surface area contributed by atoms with Gasteiger partial charge < -0.3 is 34.3 Å². The molecular formula is C31H34N2O11. The van der Waals surface area contributed by atoms with Crippen LogP contribution in [0, 0.1) is 0 Å². The minimum atomic E-state index is -1.35. The molecule has 1 heterocycles. The second-order valence-corrected chi connectivity index (χ2v) is 9.81. The number of urea groups is 1. The summed E-state index contributed by atoms with van der Waals surface area (Å²) in [5.41, 5.74) is 1.81. The SMILES string of the molecule is CC(=O)OC[C@H]1O[C@@H](CC(=O)/C=C/c2ccc(NC(=O)Nc3ccccc3)cc2)[C@H](OC(C)=O)[C@@H](OC(C)=O)[C@@H]1OC(C)=O. The number of amides is 2. The molecule has 1 fully saturated rings. The molecule has 0 bridgehead atoms. The summed E-state index contributed by atoms with van der Waals surface area (Å²) in [6.07, 6.45) is -3.75. The maximum Gasteiger partial charge on any atom is 0.323 e. The summed E-state index contributed by atoms with van der Waals surface area (Å²) >= 11 is 0. The summed E-state index contributed by atoms with van der Waals surface area (Å²) in [5.74, 6) is -3.35. The van der Waals surface area contributed by atoms with E-state index in [1.807, 2.05) is 6.07 Å². The van der Waals surface area contributed by atoms with E-state index in [2.05, 4.69) is 10.6 Å². The van der Waals surface area contributed by atoms with Gasteiger partial charge in [-0.2, -0.15) is 0 Å². The fourth-order valence-corrected chi connectivity index (χ4v) is 4.43. The van der Waals surface area contributed by atoms with Crippen LogP contribution in [-0.2, 0) is 47.7 Å². The number of ether oxygens (including phenoxy) is 5. The van der Waals surface area contributed by atoms with E-state index in [-0.39, 0.29) is 13.0 Å². The van der Waals surface area contributed by atoms with Gasteiger partial charge in [0.2, 0.25) is 0 Å². The highest BCUT2D eigenvalue weighted by Crippen LogP contribution is 2.31. The number of nitrogens with one attached hydrogen (secondary N) is 2. The maximum absolute atomic E-state index is 13.0. The van der Waals surface area contributed by atoms with Crippen LogP contribution in [0.2, 0.25) is 0 Å². The molecule has 2 aromatic rings. The highest BCUT2D eigenvalue weighted by atomic mass is 16.7. The van der Waals surface area contributed by atoms with Crippen LogP contribution < -0.4 is 10.6 Å². The van der Waals surface area contributed by atoms with E-state index in [0.717, 1.165) is 20.8 Å². The van der Waals surface area contributed by atoms with Crippen molar-refractivity contribution in [3.63, 3.8) is 0 Å². The molecule has 2 amide bonds. The van der Waals surface area contributed by atoms with Crippen molar-refractivity contribution in [2.75, 3.05) is 17.2 Å². The van der Waals surface area contributed by atoms with Crippen molar-refractivity contribution in [2.24, 2.45) is 0 Å². The van der Waals surface area contributed by atoms with Crippen molar-refractivity contribution in [1.82, 2.24) is 0 Å². The van der Waals surface area contributed by atoms with Crippen LogP contribution >= 0.6 is 0 Å². The normalized spacial score (nSPS) is 21.0. The molecule has 1 aliphatic heterocycles. The lowest BCUT2D eigenvalue weighted by atomic mass is 9.91. The fourth-order valence-electron chi connectivity index (χ4n) is 4.43. The second kappa shape index (κ2) is 16.0. The Labute approximate surface area is 253 Å². The van der Waals surface area contributed by atoms with Crippen LogP contribution in [0.4, 0.5) is 16.2 Å². The lowest BCUT2D eigenvalue weighted by Gasteiger charge is -2.44. The minimum Gasteiger partial charge on any atom is -0.463 e. The first-order valence-electron chi connectivity index (χ1n) is 13.7. The van der Waals surface area contributed by atoms with Crippen LogP contribution in [0.25, 0.3) is 6.08 Å². The zero-order valence-corrected chi connectivity index (χ0v) is 24.6. The number of benzene rings is 2. The van der Waals surface area contributed by atoms with E-state index < -0.39 is 66.2 Å². The third-order valence-electron chi connectivity index (χ3n) is 6.15. The zero-order valence-electron chi connectivity index (χ0n) is 24.6. The first-order chi connectivity index (χ1) is 20.9. The van der Waals surface area contributed by atoms with Crippen LogP contribution in [0.1, 0.15) is 39.7 Å². The summed E-state index contributed by atoms with van der Waals surface area (Å²) < 4.78 is 27.1. The Balaban J connectivity index is 1.73. The molecule has 1 saturated heterocycles. The van der Waals surface area contributed by atoms with Gasteiger partial charge in [0.25, 0.3) is 0 Å². The third kappa shape index (κ3) is 10.7. The van der Waals surface area contributed by atoms with E-state index in [1.54, 1.807) is 54.6 Å². The number of allylic oxidation sites excluding steroid dienone is 1. The van der Waals surface area contributed by atoms with Crippen molar-refractivity contribution in [2.45, 2.75) is 64.6 Å². The van der Waals surface area contributed by atoms with Crippen LogP contribution in [0.5, 0.6) is 0 Å². The Morgan fingerprint density at radius 1 is 0.682 bits per heavy atom. The van der Waals surface area contributed by atoms with Crippen molar-refractivity contribution in [3.8, 4) is 0 Å². The van der Waals surface area contributed by atoms with E-state index in [4.69, 9.17) is 23.7 Å². The minimum absolute atomic E-state index is 0.325. The molecule has 2 N–H and O–H groups in total. The van der Waals surface area contributed by atoms with Crippen molar-refractivity contribution in [3.05, 3.63) is 66.2 Å². The van der Waals surface area contributed by atoms with Gasteiger partial charge in [0.05, 0.1) is 0 Å². The second-order valence-electron chi connectivity index (χ2n) is 9.81. The van der Waals surface area contributed by atoms with Crippen molar-refractivity contribution < 1.29 is 52.5 Å². The van der Waals surface area contributed by atoms with Gasteiger partial charge in [0.1, 0.15) is 18.8 Å². The fraction of sp³-hybridized carbons (Fsp3) is 0.355. The molecule has 0 unspecified atom stereocenters. The molecule has 2 aromatic carbocycles. The Morgan fingerprint density at radius 2 is 1.20 bits per heavy atom. The predicted molar refractivity (Wildman–Crippen MR) is 156 cm³/mol. The average Bonchev–Trinajstić information content (AvgIpc) is 2.94. The van der Waals surface area contributed by atoms with Crippen molar-refractivity contribution >= 4 is 53.1 Å². The van der Waals surface area contributed by atoms with E-state index >= 15 is 0 Å². The van der Waals surface area contributed by atoms with E-state index in [0.29, 0.717) is 16.9 Å². The predicted octanol–water partition coefficient (Wildman–Crippen LogP) is 3.43. The number of carbonyl (C=O) groups excluding carboxylic acids is 6. The topological polar surface area (TPSA) is 173 Å². The first kappa shape index (κ1) is 33.5. The smallest absolute Gasteiger partial charge is 0.323 e. The molecule has 0 radical (unpaired) electrons. The Hall–Kier alpha value is -5.04. The maximum atomic E-state index is 13.0. The monoisotopic (exact) mass is 610 g/mol. The summed E-state index contributed by atoms with van der Waals surface area (Å²) in [6.45, 7) is 4.15. The van der Waals surface area contributed by atoms with Gasteiger partial charge in [-0.15, -0.1) is 0 Å². The van der Waals surface area contributed by atoms with Gasteiger partial charge in [-0.1, -0.05) is 36.4 Å². The van der Waals surface area contributed by atoms with Gasteiger partial charge in [0, 0.05) is 45.5 Å². The average molecular weight is 611 g/mol. The lowest BCUT2D eigenvalue weighted by molar-refractivity contribution is -0.252. The van der Waals surface area contributed by atoms with Gasteiger partial charge in [-0.25, -0.2) is 4.79 Å². The molecule has 234 valence electrons. The highest BCUT2D eigenvalue weighted by molar-refractivity contribution is 5.99. The summed E-state index contributed by atoms with van der Waals surface area (Å²) in [5, 5.41) is 5.43. The number of hydrogen-bond donors (Lipinski definition) is 2. The number of anilines is 2. The number of carbonyl (C=O) groups is 6. The molecule has 44 heavy (non-hydrogen) atoms. The molecule has 5 atom stereocenters. The zero-order chi connectivity index (χ0) is 32.2. The summed E-state index contributed by atoms with van der Waals surface area (Å²) in [6, 6.07) is 15.2. The summed E-state index contributed by atoms with van der Waals surface area (Å²) in [4.78, 5) is 72.5. The molecule has 0 aromatic heterocycles. The number of esters is 4. The number of para-hydroxylation sites is 1. The molecule has 0 spiro atoms. The first-order valence-corrected chi connectivity index (χ1v) is 13.7. The largest absolute Gasteiger partial charge is 0.463 e. The van der Waals surface area contributed by atoms with Crippen LogP contribution in [0.15, 0.2) is 60.7 Å². The van der Waals surface area contributed by atoms with Crippen LogP contribution in [-0.4, -0.2) is 72.8 Å². The van der Waals surface area contributed by atoms with Crippen molar-refractivity contribution in [1.29, 1.82) is 0 Å². The van der Waals surface area contributed by atoms with Crippen LogP contribution in [0.3, 0.4) is 0 Å². The molecule has 0 saturated carbocycles.